The van der Waals surface area contributed by atoms with Gasteiger partial charge >= 0.3 is 6.09 Å². The number of rotatable bonds is 4. The highest BCUT2D eigenvalue weighted by Crippen LogP contribution is 2.32. The molecule has 5 heteroatoms. The fraction of sp³-hybridized carbons (Fsp3) is 0.480. The van der Waals surface area contributed by atoms with Crippen molar-refractivity contribution in [1.82, 2.24) is 10.2 Å². The number of halogens is 1. The van der Waals surface area contributed by atoms with E-state index in [2.05, 4.69) is 5.32 Å². The smallest absolute Gasteiger partial charge is 0.407 e. The molecule has 1 saturated carbocycles. The molecule has 4 nitrogen and oxygen atoms in total. The summed E-state index contributed by atoms with van der Waals surface area (Å²) in [5, 5.41) is 12.3. The maximum absolute atomic E-state index is 11.9. The van der Waals surface area contributed by atoms with Gasteiger partial charge in [0.25, 0.3) is 0 Å². The standard InChI is InChI=1S/C12H17NO2.C7H13N.C6H5F/c1-3-13(12(14)15)9-8-11-7-5-4-6-10(11)2;1-2-7-3-6(1)4-8-5-7;7-6-4-2-1-3-5-6/h4-7H,3,8-9H2,1-2H3,(H,14,15);6-8H,1-5H2;1-5H/t;6-,7?;/m.0./s1. The van der Waals surface area contributed by atoms with Gasteiger partial charge in [-0.25, -0.2) is 9.18 Å². The van der Waals surface area contributed by atoms with Crippen LogP contribution in [0.3, 0.4) is 0 Å². The molecule has 2 aromatic rings. The Morgan fingerprint density at radius 2 is 1.67 bits per heavy atom. The first-order chi connectivity index (χ1) is 14.5. The molecule has 0 radical (unpaired) electrons. The van der Waals surface area contributed by atoms with Crippen molar-refractivity contribution in [3.8, 4) is 0 Å². The molecule has 1 unspecified atom stereocenters. The maximum Gasteiger partial charge on any atom is 0.407 e. The number of aryl methyl sites for hydroxylation is 1. The highest BCUT2D eigenvalue weighted by Gasteiger charge is 2.27. The van der Waals surface area contributed by atoms with Crippen molar-refractivity contribution < 1.29 is 14.3 Å². The normalized spacial score (nSPS) is 19.0. The Bertz CT molecular complexity index is 740. The van der Waals surface area contributed by atoms with E-state index < -0.39 is 6.09 Å². The lowest BCUT2D eigenvalue weighted by molar-refractivity contribution is 0.148. The predicted molar refractivity (Wildman–Crippen MR) is 120 cm³/mol. The first-order valence-corrected chi connectivity index (χ1v) is 10.9. The Kier molecular flexibility index (Phi) is 10.4. The zero-order chi connectivity index (χ0) is 21.8. The van der Waals surface area contributed by atoms with Crippen LogP contribution in [0, 0.1) is 24.6 Å². The summed E-state index contributed by atoms with van der Waals surface area (Å²) in [4.78, 5) is 12.2. The molecule has 0 spiro atoms. The van der Waals surface area contributed by atoms with Crippen LogP contribution in [-0.4, -0.2) is 42.3 Å². The quantitative estimate of drug-likeness (QED) is 0.707. The van der Waals surface area contributed by atoms with E-state index in [1.54, 1.807) is 18.2 Å². The van der Waals surface area contributed by atoms with Gasteiger partial charge in [-0.05, 0) is 87.7 Å². The van der Waals surface area contributed by atoms with Gasteiger partial charge in [0.15, 0.2) is 0 Å². The summed E-state index contributed by atoms with van der Waals surface area (Å²) < 4.78 is 11.9. The molecule has 1 aliphatic carbocycles. The average Bonchev–Trinajstić information content (AvgIpc) is 3.08. The van der Waals surface area contributed by atoms with Crippen LogP contribution in [0.25, 0.3) is 0 Å². The van der Waals surface area contributed by atoms with E-state index in [4.69, 9.17) is 5.11 Å². The number of nitrogens with zero attached hydrogens (tertiary/aromatic N) is 1. The van der Waals surface area contributed by atoms with Crippen LogP contribution in [0.4, 0.5) is 9.18 Å². The molecule has 0 aromatic heterocycles. The van der Waals surface area contributed by atoms with E-state index in [0.717, 1.165) is 18.3 Å². The van der Waals surface area contributed by atoms with E-state index >= 15 is 0 Å². The first kappa shape index (κ1) is 23.9. The second-order valence-electron chi connectivity index (χ2n) is 8.04. The fourth-order valence-corrected chi connectivity index (χ4v) is 3.99. The van der Waals surface area contributed by atoms with E-state index in [0.29, 0.717) is 13.1 Å². The largest absolute Gasteiger partial charge is 0.465 e. The van der Waals surface area contributed by atoms with Gasteiger partial charge in [0.2, 0.25) is 0 Å². The van der Waals surface area contributed by atoms with Crippen molar-refractivity contribution in [2.45, 2.75) is 39.5 Å². The molecule has 2 N–H and O–H groups in total. The molecule has 2 aliphatic rings. The monoisotopic (exact) mass is 414 g/mol. The lowest BCUT2D eigenvalue weighted by Crippen LogP contribution is -2.31. The molecule has 164 valence electrons. The Balaban J connectivity index is 0.000000177. The third-order valence-electron chi connectivity index (χ3n) is 5.81. The SMILES string of the molecule is C1C[C@@H]2CNCC1C2.CCN(CCc1ccccc1C)C(=O)O.Fc1ccccc1. The number of likely N-dealkylation sites (N-methyl/N-ethyl adjacent to an activating group) is 1. The van der Waals surface area contributed by atoms with Crippen LogP contribution < -0.4 is 5.32 Å². The van der Waals surface area contributed by atoms with Gasteiger partial charge in [-0.1, -0.05) is 42.5 Å². The maximum atomic E-state index is 11.9. The van der Waals surface area contributed by atoms with Crippen LogP contribution in [0.5, 0.6) is 0 Å². The molecule has 30 heavy (non-hydrogen) atoms. The summed E-state index contributed by atoms with van der Waals surface area (Å²) in [5.41, 5.74) is 2.44. The van der Waals surface area contributed by atoms with Crippen LogP contribution in [-0.2, 0) is 6.42 Å². The minimum Gasteiger partial charge on any atom is -0.465 e. The van der Waals surface area contributed by atoms with Crippen molar-refractivity contribution in [3.05, 3.63) is 71.5 Å². The topological polar surface area (TPSA) is 52.6 Å². The molecule has 1 heterocycles. The zero-order valence-corrected chi connectivity index (χ0v) is 18.2. The number of nitrogens with one attached hydrogen (secondary N) is 1. The number of hydrogen-bond donors (Lipinski definition) is 2. The minimum atomic E-state index is -0.842. The molecule has 1 saturated heterocycles. The van der Waals surface area contributed by atoms with Gasteiger partial charge in [-0.15, -0.1) is 0 Å². The van der Waals surface area contributed by atoms with Crippen molar-refractivity contribution >= 4 is 6.09 Å². The number of carbonyl (C=O) groups is 1. The molecular formula is C25H35FN2O2. The van der Waals surface area contributed by atoms with Gasteiger partial charge in [-0.3, -0.25) is 0 Å². The number of benzene rings is 2. The Labute approximate surface area is 180 Å². The molecule has 2 fully saturated rings. The summed E-state index contributed by atoms with van der Waals surface area (Å²) >= 11 is 0. The van der Waals surface area contributed by atoms with Crippen LogP contribution >= 0.6 is 0 Å². The molecule has 1 aliphatic heterocycles. The van der Waals surface area contributed by atoms with E-state index in [1.165, 1.54) is 60.5 Å². The lowest BCUT2D eigenvalue weighted by atomic mass is 10.0. The summed E-state index contributed by atoms with van der Waals surface area (Å²) in [6.07, 6.45) is 4.46. The average molecular weight is 415 g/mol. The van der Waals surface area contributed by atoms with Crippen LogP contribution in [0.15, 0.2) is 54.6 Å². The minimum absolute atomic E-state index is 0.178. The van der Waals surface area contributed by atoms with Gasteiger partial charge in [0, 0.05) is 13.1 Å². The number of hydrogen-bond acceptors (Lipinski definition) is 2. The second kappa shape index (κ2) is 13.0. The predicted octanol–water partition coefficient (Wildman–Crippen LogP) is 5.37. The van der Waals surface area contributed by atoms with E-state index in [1.807, 2.05) is 38.1 Å². The van der Waals surface area contributed by atoms with Crippen molar-refractivity contribution in [2.75, 3.05) is 26.2 Å². The van der Waals surface area contributed by atoms with Gasteiger partial charge in [0.05, 0.1) is 0 Å². The Morgan fingerprint density at radius 3 is 2.13 bits per heavy atom. The van der Waals surface area contributed by atoms with Gasteiger partial charge in [-0.2, -0.15) is 0 Å². The van der Waals surface area contributed by atoms with Crippen molar-refractivity contribution in [1.29, 1.82) is 0 Å². The van der Waals surface area contributed by atoms with E-state index in [9.17, 15) is 9.18 Å². The number of fused-ring (bicyclic) bond motifs is 2. The number of carboxylic acid groups (broad SMARTS) is 1. The molecule has 4 rings (SSSR count). The summed E-state index contributed by atoms with van der Waals surface area (Å²) in [6.45, 7) is 7.61. The third kappa shape index (κ3) is 8.54. The summed E-state index contributed by atoms with van der Waals surface area (Å²) in [6, 6.07) is 16.0. The van der Waals surface area contributed by atoms with Crippen LogP contribution in [0.2, 0.25) is 0 Å². The summed E-state index contributed by atoms with van der Waals surface area (Å²) in [5.74, 6) is 1.92. The first-order valence-electron chi connectivity index (χ1n) is 10.9. The summed E-state index contributed by atoms with van der Waals surface area (Å²) in [7, 11) is 0. The molecular weight excluding hydrogens is 379 g/mol. The lowest BCUT2D eigenvalue weighted by Gasteiger charge is -2.18. The van der Waals surface area contributed by atoms with Crippen molar-refractivity contribution in [2.24, 2.45) is 11.8 Å². The fourth-order valence-electron chi connectivity index (χ4n) is 3.99. The Morgan fingerprint density at radius 1 is 1.07 bits per heavy atom. The van der Waals surface area contributed by atoms with E-state index in [-0.39, 0.29) is 5.82 Å². The molecule has 2 atom stereocenters. The Hall–Kier alpha value is -2.40. The molecule has 2 bridgehead atoms. The van der Waals surface area contributed by atoms with Crippen molar-refractivity contribution in [3.63, 3.8) is 0 Å². The van der Waals surface area contributed by atoms with Gasteiger partial charge < -0.3 is 15.3 Å². The number of amides is 1. The van der Waals surface area contributed by atoms with Gasteiger partial charge in [0.1, 0.15) is 5.82 Å². The molecule has 1 amide bonds. The third-order valence-corrected chi connectivity index (χ3v) is 5.81. The second-order valence-corrected chi connectivity index (χ2v) is 8.04. The molecule has 2 aromatic carbocycles. The highest BCUT2D eigenvalue weighted by atomic mass is 19.1. The highest BCUT2D eigenvalue weighted by molar-refractivity contribution is 5.64. The zero-order valence-electron chi connectivity index (χ0n) is 18.2. The van der Waals surface area contributed by atoms with Crippen LogP contribution in [0.1, 0.15) is 37.3 Å². The number of piperidine rings is 1.